The van der Waals surface area contributed by atoms with Crippen molar-refractivity contribution in [1.29, 1.82) is 0 Å². The average molecular weight is 876 g/mol. The standard InChI is InChI=1S/C45H49NO17/c1-22(47)55-21-41-42(59-26(5)51)43(60-27(6)52)44(61-28(7)53)45(63-41)62-40-20-34-31(18-39(40)58-25(4)50)16-36-33-19-37(54-8)38(57-24(3)49)17-30(33)13-14-46(36)35(34)15-29-9-11-32(12-10-29)56-23(2)48/h9-12,17-20,35-36,41-45H,13-16,21H2,1-8H3/t35-,36+,41-,42-,43+,44-,45-/m1/s1. The van der Waals surface area contributed by atoms with Crippen LogP contribution in [0.2, 0.25) is 0 Å². The molecule has 0 unspecified atom stereocenters. The number of nitrogens with zero attached hydrogens (tertiary/aromatic N) is 1. The number of carbonyl (C=O) groups is 7. The number of hydrogen-bond donors (Lipinski definition) is 0. The number of fused-ring (bicyclic) bond motifs is 4. The molecule has 3 aromatic rings. The van der Waals surface area contributed by atoms with Crippen molar-refractivity contribution in [2.45, 2.75) is 111 Å². The first-order valence-electron chi connectivity index (χ1n) is 20.1. The summed E-state index contributed by atoms with van der Waals surface area (Å²) in [5.41, 5.74) is 4.37. The normalized spacial score (nSPS) is 22.4. The van der Waals surface area contributed by atoms with Gasteiger partial charge in [0.2, 0.25) is 12.4 Å². The van der Waals surface area contributed by atoms with E-state index in [1.165, 1.54) is 27.9 Å². The molecule has 0 spiro atoms. The molecule has 3 aliphatic rings. The van der Waals surface area contributed by atoms with Crippen molar-refractivity contribution in [3.63, 3.8) is 0 Å². The van der Waals surface area contributed by atoms with Gasteiger partial charge in [-0.2, -0.15) is 0 Å². The summed E-state index contributed by atoms with van der Waals surface area (Å²) in [6.07, 6.45) is -5.98. The van der Waals surface area contributed by atoms with Crippen molar-refractivity contribution >= 4 is 41.8 Å². The Morgan fingerprint density at radius 2 is 1.19 bits per heavy atom. The Morgan fingerprint density at radius 1 is 0.619 bits per heavy atom. The highest BCUT2D eigenvalue weighted by Crippen LogP contribution is 2.50. The maximum Gasteiger partial charge on any atom is 0.308 e. The zero-order chi connectivity index (χ0) is 45.7. The molecule has 0 radical (unpaired) electrons. The number of carbonyl (C=O) groups excluding carboxylic acids is 7. The second kappa shape index (κ2) is 19.7. The van der Waals surface area contributed by atoms with E-state index in [9.17, 15) is 33.6 Å². The maximum atomic E-state index is 12.7. The second-order valence-corrected chi connectivity index (χ2v) is 15.2. The molecular weight excluding hydrogens is 826 g/mol. The number of methoxy groups -OCH3 is 1. The molecule has 3 aromatic carbocycles. The SMILES string of the molecule is COc1cc2c(cc1OC(C)=O)CCN1[C@H](Cc3ccc(OC(C)=O)cc3)c3cc(O[C@@H]4O[C@H](COC(C)=O)[C@@H](OC(C)=O)[C@H](OC(C)=O)[C@H]4OC(C)=O)c(OC(C)=O)cc3C[C@@H]21. The molecule has 3 aliphatic heterocycles. The van der Waals surface area contributed by atoms with Gasteiger partial charge in [0.1, 0.15) is 18.5 Å². The predicted octanol–water partition coefficient (Wildman–Crippen LogP) is 4.37. The molecule has 7 atom stereocenters. The fourth-order valence-electron chi connectivity index (χ4n) is 8.26. The van der Waals surface area contributed by atoms with E-state index in [0.29, 0.717) is 43.1 Å². The molecule has 18 heteroatoms. The van der Waals surface area contributed by atoms with Crippen LogP contribution in [0.3, 0.4) is 0 Å². The largest absolute Gasteiger partial charge is 0.493 e. The van der Waals surface area contributed by atoms with Gasteiger partial charge in [-0.3, -0.25) is 38.5 Å². The predicted molar refractivity (Wildman–Crippen MR) is 216 cm³/mol. The zero-order valence-electron chi connectivity index (χ0n) is 36.1. The Labute approximate surface area is 362 Å². The van der Waals surface area contributed by atoms with Gasteiger partial charge in [0.25, 0.3) is 0 Å². The lowest BCUT2D eigenvalue weighted by atomic mass is 9.79. The summed E-state index contributed by atoms with van der Waals surface area (Å²) in [5, 5.41) is 0. The molecule has 0 amide bonds. The maximum absolute atomic E-state index is 12.7. The van der Waals surface area contributed by atoms with Gasteiger partial charge in [-0.15, -0.1) is 0 Å². The minimum absolute atomic E-state index is 0.0224. The minimum atomic E-state index is -1.62. The monoisotopic (exact) mass is 875 g/mol. The van der Waals surface area contributed by atoms with E-state index in [1.807, 2.05) is 24.3 Å². The third-order valence-electron chi connectivity index (χ3n) is 10.5. The lowest BCUT2D eigenvalue weighted by Crippen LogP contribution is -2.63. The van der Waals surface area contributed by atoms with E-state index in [0.717, 1.165) is 55.5 Å². The van der Waals surface area contributed by atoms with Gasteiger partial charge in [-0.1, -0.05) is 12.1 Å². The Morgan fingerprint density at radius 3 is 1.78 bits per heavy atom. The fraction of sp³-hybridized carbons (Fsp3) is 0.444. The van der Waals surface area contributed by atoms with Crippen molar-refractivity contribution in [1.82, 2.24) is 4.90 Å². The number of hydrogen-bond acceptors (Lipinski definition) is 18. The molecular formula is C45H49NO17. The number of ether oxygens (including phenoxy) is 10. The van der Waals surface area contributed by atoms with Crippen LogP contribution in [0.25, 0.3) is 0 Å². The summed E-state index contributed by atoms with van der Waals surface area (Å²) >= 11 is 0. The molecule has 1 saturated heterocycles. The van der Waals surface area contributed by atoms with Crippen molar-refractivity contribution in [3.8, 4) is 28.7 Å². The van der Waals surface area contributed by atoms with Crippen LogP contribution in [0.15, 0.2) is 48.5 Å². The topological polar surface area (TPSA) is 215 Å². The summed E-state index contributed by atoms with van der Waals surface area (Å²) in [6.45, 7) is 8.43. The second-order valence-electron chi connectivity index (χ2n) is 15.2. The Balaban J connectivity index is 1.48. The first-order valence-corrected chi connectivity index (χ1v) is 20.1. The van der Waals surface area contributed by atoms with Crippen LogP contribution in [0.5, 0.6) is 28.7 Å². The van der Waals surface area contributed by atoms with E-state index < -0.39 is 79.1 Å². The minimum Gasteiger partial charge on any atom is -0.493 e. The quantitative estimate of drug-likeness (QED) is 0.132. The molecule has 63 heavy (non-hydrogen) atoms. The fourth-order valence-corrected chi connectivity index (χ4v) is 8.26. The van der Waals surface area contributed by atoms with E-state index in [2.05, 4.69) is 4.90 Å². The van der Waals surface area contributed by atoms with Gasteiger partial charge in [-0.05, 0) is 83.5 Å². The van der Waals surface area contributed by atoms with Crippen LogP contribution in [0, 0.1) is 0 Å². The highest BCUT2D eigenvalue weighted by atomic mass is 16.7. The van der Waals surface area contributed by atoms with Crippen molar-refractivity contribution in [3.05, 3.63) is 76.3 Å². The average Bonchev–Trinajstić information content (AvgIpc) is 3.19. The van der Waals surface area contributed by atoms with Crippen LogP contribution in [-0.2, 0) is 76.5 Å². The highest BCUT2D eigenvalue weighted by Gasteiger charge is 2.54. The molecule has 6 rings (SSSR count). The van der Waals surface area contributed by atoms with Crippen molar-refractivity contribution in [2.75, 3.05) is 20.3 Å². The molecule has 0 aromatic heterocycles. The van der Waals surface area contributed by atoms with E-state index >= 15 is 0 Å². The van der Waals surface area contributed by atoms with Crippen LogP contribution in [-0.4, -0.2) is 97.7 Å². The molecule has 336 valence electrons. The van der Waals surface area contributed by atoms with Crippen LogP contribution in [0.1, 0.15) is 88.4 Å². The Kier molecular flexibility index (Phi) is 14.4. The summed E-state index contributed by atoms with van der Waals surface area (Å²) in [4.78, 5) is 88.1. The summed E-state index contributed by atoms with van der Waals surface area (Å²) in [7, 11) is 1.49. The van der Waals surface area contributed by atoms with Crippen LogP contribution < -0.4 is 23.7 Å². The van der Waals surface area contributed by atoms with Gasteiger partial charge in [-0.25, -0.2) is 0 Å². The Hall–Kier alpha value is -6.53. The van der Waals surface area contributed by atoms with Crippen LogP contribution >= 0.6 is 0 Å². The van der Waals surface area contributed by atoms with Gasteiger partial charge in [0.15, 0.2) is 35.2 Å². The number of esters is 7. The summed E-state index contributed by atoms with van der Waals surface area (Å²) < 4.78 is 57.0. The molecule has 0 saturated carbocycles. The first kappa shape index (κ1) is 46.0. The molecule has 1 fully saturated rings. The lowest BCUT2D eigenvalue weighted by Gasteiger charge is -2.47. The summed E-state index contributed by atoms with van der Waals surface area (Å²) in [5.74, 6) is -3.76. The lowest BCUT2D eigenvalue weighted by molar-refractivity contribution is -0.288. The molecule has 0 bridgehead atoms. The van der Waals surface area contributed by atoms with Gasteiger partial charge < -0.3 is 47.4 Å². The first-order chi connectivity index (χ1) is 29.9. The van der Waals surface area contributed by atoms with E-state index in [4.69, 9.17) is 47.4 Å². The number of rotatable bonds is 13. The number of benzene rings is 3. The summed E-state index contributed by atoms with van der Waals surface area (Å²) in [6, 6.07) is 13.6. The van der Waals surface area contributed by atoms with Gasteiger partial charge >= 0.3 is 41.8 Å². The smallest absolute Gasteiger partial charge is 0.308 e. The highest BCUT2D eigenvalue weighted by molar-refractivity contribution is 5.72. The molecule has 18 nitrogen and oxygen atoms in total. The molecule has 0 N–H and O–H groups in total. The van der Waals surface area contributed by atoms with Crippen molar-refractivity contribution < 1.29 is 80.9 Å². The molecule has 0 aliphatic carbocycles. The van der Waals surface area contributed by atoms with Gasteiger partial charge in [0, 0.05) is 67.1 Å². The third-order valence-corrected chi connectivity index (χ3v) is 10.5. The Bertz CT molecular complexity index is 2270. The molecule has 3 heterocycles. The van der Waals surface area contributed by atoms with E-state index in [1.54, 1.807) is 24.3 Å². The van der Waals surface area contributed by atoms with Crippen molar-refractivity contribution in [2.24, 2.45) is 0 Å². The zero-order valence-corrected chi connectivity index (χ0v) is 36.1. The third kappa shape index (κ3) is 11.1. The van der Waals surface area contributed by atoms with E-state index in [-0.39, 0.29) is 23.6 Å². The van der Waals surface area contributed by atoms with Crippen LogP contribution in [0.4, 0.5) is 0 Å². The van der Waals surface area contributed by atoms with Gasteiger partial charge in [0.05, 0.1) is 7.11 Å².